The Morgan fingerprint density at radius 2 is 1.84 bits per heavy atom. The van der Waals surface area contributed by atoms with Crippen molar-refractivity contribution >= 4 is 17.0 Å². The van der Waals surface area contributed by atoms with Crippen molar-refractivity contribution < 1.29 is 0 Å². The smallest absolute Gasteiger partial charge is 0.241 e. The number of pyridine rings is 1. The van der Waals surface area contributed by atoms with Gasteiger partial charge in [0.05, 0.1) is 0 Å². The molecule has 0 bridgehead atoms. The largest absolute Gasteiger partial charge is 0.365 e. The monoisotopic (exact) mass is 514 g/mol. The second-order valence-corrected chi connectivity index (χ2v) is 11.7. The maximum absolute atomic E-state index is 5.10. The van der Waals surface area contributed by atoms with Crippen LogP contribution < -0.4 is 5.32 Å². The molecule has 4 aromatic rings. The quantitative estimate of drug-likeness (QED) is 0.311. The van der Waals surface area contributed by atoms with Gasteiger partial charge in [-0.2, -0.15) is 5.21 Å². The summed E-state index contributed by atoms with van der Waals surface area (Å²) < 4.78 is 2.33. The van der Waals surface area contributed by atoms with Crippen molar-refractivity contribution in [3.05, 3.63) is 23.9 Å². The first-order chi connectivity index (χ1) is 18.5. The van der Waals surface area contributed by atoms with E-state index in [1.165, 1.54) is 50.5 Å². The summed E-state index contributed by atoms with van der Waals surface area (Å²) in [6, 6.07) is 4.55. The van der Waals surface area contributed by atoms with Crippen molar-refractivity contribution in [3.8, 4) is 23.2 Å². The third kappa shape index (κ3) is 4.88. The Hall–Kier alpha value is -3.43. The Kier molecular flexibility index (Phi) is 6.80. The fraction of sp³-hybridized carbons (Fsp3) is 0.607. The molecule has 2 fully saturated rings. The van der Waals surface area contributed by atoms with E-state index in [2.05, 4.69) is 70.3 Å². The second kappa shape index (κ2) is 10.4. The Bertz CT molecular complexity index is 1380. The summed E-state index contributed by atoms with van der Waals surface area (Å²) in [6.07, 6.45) is 10.7. The van der Waals surface area contributed by atoms with Gasteiger partial charge in [0.15, 0.2) is 17.3 Å². The van der Waals surface area contributed by atoms with Crippen LogP contribution in [0.15, 0.2) is 18.3 Å². The van der Waals surface area contributed by atoms with Crippen molar-refractivity contribution in [2.75, 3.05) is 5.32 Å². The molecule has 4 heterocycles. The van der Waals surface area contributed by atoms with Crippen molar-refractivity contribution in [2.45, 2.75) is 91.1 Å². The summed E-state index contributed by atoms with van der Waals surface area (Å²) >= 11 is 0. The van der Waals surface area contributed by atoms with Gasteiger partial charge in [-0.3, -0.25) is 4.98 Å². The van der Waals surface area contributed by atoms with E-state index < -0.39 is 0 Å². The molecular formula is C28H38N10. The minimum atomic E-state index is 0.296. The Balaban J connectivity index is 1.51. The van der Waals surface area contributed by atoms with Crippen molar-refractivity contribution in [1.29, 1.82) is 0 Å². The predicted octanol–water partition coefficient (Wildman–Crippen LogP) is 5.62. The van der Waals surface area contributed by atoms with Gasteiger partial charge < -0.3 is 9.88 Å². The molecular weight excluding hydrogens is 476 g/mol. The molecule has 1 atom stereocenters. The first-order valence-electron chi connectivity index (χ1n) is 14.2. The summed E-state index contributed by atoms with van der Waals surface area (Å²) in [5.41, 5.74) is 3.70. The standard InChI is InChI=1S/C28H38N10/c1-16(2)21-12-13-29-22(14-21)28-33-25-23(38(28)15-19-10-8-17(3)9-11-19)24(30-18(4)20-6-5-7-20)31-26(32-25)27-34-36-37-35-27/h12-14,16-20H,5-11,15H2,1-4H3,(H,30,31,32)(H,34,35,36,37). The number of fused-ring (bicyclic) bond motifs is 1. The van der Waals surface area contributed by atoms with E-state index in [1.807, 2.05) is 6.20 Å². The van der Waals surface area contributed by atoms with Crippen LogP contribution in [0, 0.1) is 17.8 Å². The van der Waals surface area contributed by atoms with E-state index in [4.69, 9.17) is 19.9 Å². The molecule has 38 heavy (non-hydrogen) atoms. The zero-order valence-electron chi connectivity index (χ0n) is 22.9. The number of nitrogens with one attached hydrogen (secondary N) is 2. The molecule has 200 valence electrons. The predicted molar refractivity (Wildman–Crippen MR) is 147 cm³/mol. The molecule has 2 aliphatic carbocycles. The Morgan fingerprint density at radius 3 is 2.53 bits per heavy atom. The molecule has 0 aliphatic heterocycles. The van der Waals surface area contributed by atoms with Gasteiger partial charge in [0, 0.05) is 18.8 Å². The van der Waals surface area contributed by atoms with Crippen molar-refractivity contribution in [1.82, 2.24) is 45.1 Å². The second-order valence-electron chi connectivity index (χ2n) is 11.7. The lowest BCUT2D eigenvalue weighted by Crippen LogP contribution is -2.31. The third-order valence-corrected chi connectivity index (χ3v) is 8.63. The summed E-state index contributed by atoms with van der Waals surface area (Å²) in [5.74, 6) is 4.86. The highest BCUT2D eigenvalue weighted by Crippen LogP contribution is 2.36. The minimum absolute atomic E-state index is 0.296. The zero-order valence-corrected chi connectivity index (χ0v) is 22.9. The molecule has 0 saturated heterocycles. The molecule has 10 nitrogen and oxygen atoms in total. The maximum atomic E-state index is 5.10. The highest BCUT2D eigenvalue weighted by atomic mass is 15.5. The molecule has 0 aromatic carbocycles. The summed E-state index contributed by atoms with van der Waals surface area (Å²) in [6.45, 7) is 9.91. The van der Waals surface area contributed by atoms with E-state index in [1.54, 1.807) is 0 Å². The molecule has 4 aromatic heterocycles. The summed E-state index contributed by atoms with van der Waals surface area (Å²) in [7, 11) is 0. The highest BCUT2D eigenvalue weighted by molar-refractivity contribution is 5.88. The molecule has 0 radical (unpaired) electrons. The number of anilines is 1. The van der Waals surface area contributed by atoms with Gasteiger partial charge in [-0.1, -0.05) is 40.0 Å². The number of imidazole rings is 1. The Labute approximate surface area is 223 Å². The lowest BCUT2D eigenvalue weighted by atomic mass is 9.80. The van der Waals surface area contributed by atoms with Gasteiger partial charge in [-0.15, -0.1) is 10.2 Å². The lowest BCUT2D eigenvalue weighted by Gasteiger charge is -2.32. The number of hydrogen-bond donors (Lipinski definition) is 2. The average molecular weight is 515 g/mol. The van der Waals surface area contributed by atoms with Crippen LogP contribution in [0.2, 0.25) is 0 Å². The summed E-state index contributed by atoms with van der Waals surface area (Å²) in [5, 5.41) is 18.3. The molecule has 2 N–H and O–H groups in total. The SMILES string of the molecule is CC1CCC(Cn2c(-c3cc(C(C)C)ccn3)nc3nc(-c4nn[nH]n4)nc(NC(C)C4CCC4)c32)CC1. The fourth-order valence-corrected chi connectivity index (χ4v) is 5.84. The van der Waals surface area contributed by atoms with Gasteiger partial charge >= 0.3 is 0 Å². The van der Waals surface area contributed by atoms with E-state index >= 15 is 0 Å². The maximum Gasteiger partial charge on any atom is 0.241 e. The van der Waals surface area contributed by atoms with Crippen LogP contribution in [-0.4, -0.2) is 51.2 Å². The van der Waals surface area contributed by atoms with Gasteiger partial charge in [0.25, 0.3) is 0 Å². The van der Waals surface area contributed by atoms with Crippen LogP contribution >= 0.6 is 0 Å². The number of hydrogen-bond acceptors (Lipinski definition) is 8. The third-order valence-electron chi connectivity index (χ3n) is 8.63. The molecule has 2 aliphatic rings. The minimum Gasteiger partial charge on any atom is -0.365 e. The number of H-pyrrole nitrogens is 1. The number of aromatic amines is 1. The van der Waals surface area contributed by atoms with Gasteiger partial charge in [0.2, 0.25) is 11.6 Å². The van der Waals surface area contributed by atoms with E-state index in [9.17, 15) is 0 Å². The summed E-state index contributed by atoms with van der Waals surface area (Å²) in [4.78, 5) is 19.7. The fourth-order valence-electron chi connectivity index (χ4n) is 5.84. The highest BCUT2D eigenvalue weighted by Gasteiger charge is 2.29. The first kappa shape index (κ1) is 24.9. The van der Waals surface area contributed by atoms with Crippen LogP contribution in [0.4, 0.5) is 5.82 Å². The van der Waals surface area contributed by atoms with Crippen LogP contribution in [0.3, 0.4) is 0 Å². The number of rotatable bonds is 8. The van der Waals surface area contributed by atoms with Gasteiger partial charge in [0.1, 0.15) is 11.2 Å². The molecule has 2 saturated carbocycles. The normalized spacial score (nSPS) is 21.1. The van der Waals surface area contributed by atoms with Crippen LogP contribution in [0.5, 0.6) is 0 Å². The lowest BCUT2D eigenvalue weighted by molar-refractivity contribution is 0.267. The molecule has 6 rings (SSSR count). The first-order valence-corrected chi connectivity index (χ1v) is 14.2. The zero-order chi connectivity index (χ0) is 26.2. The Morgan fingerprint density at radius 1 is 1.03 bits per heavy atom. The van der Waals surface area contributed by atoms with E-state index in [0.29, 0.717) is 41.1 Å². The number of aromatic nitrogens is 9. The van der Waals surface area contributed by atoms with Gasteiger partial charge in [-0.25, -0.2) is 15.0 Å². The van der Waals surface area contributed by atoms with Crippen LogP contribution in [-0.2, 0) is 6.54 Å². The van der Waals surface area contributed by atoms with E-state index in [-0.39, 0.29) is 0 Å². The molecule has 10 heteroatoms. The average Bonchev–Trinajstić information content (AvgIpc) is 3.53. The molecule has 1 unspecified atom stereocenters. The van der Waals surface area contributed by atoms with Crippen LogP contribution in [0.1, 0.15) is 84.1 Å². The topological polar surface area (TPSA) is 123 Å². The van der Waals surface area contributed by atoms with Gasteiger partial charge in [-0.05, 0) is 79.2 Å². The van der Waals surface area contributed by atoms with Crippen molar-refractivity contribution in [3.63, 3.8) is 0 Å². The number of nitrogens with zero attached hydrogens (tertiary/aromatic N) is 8. The van der Waals surface area contributed by atoms with Crippen molar-refractivity contribution in [2.24, 2.45) is 17.8 Å². The molecule has 0 amide bonds. The number of tetrazole rings is 1. The molecule has 0 spiro atoms. The van der Waals surface area contributed by atoms with Crippen LogP contribution in [0.25, 0.3) is 34.3 Å². The van der Waals surface area contributed by atoms with E-state index in [0.717, 1.165) is 35.3 Å².